The zero-order chi connectivity index (χ0) is 9.26. The average molecular weight is 175 g/mol. The standard InChI is InChI=1S/C11H13NO/c1-2-10(12)8-4-3-5-11-9(8)6-7-13-11/h3-7,10H,2,12H2,1H3. The Morgan fingerprint density at radius 2 is 2.23 bits per heavy atom. The van der Waals surface area contributed by atoms with Crippen molar-refractivity contribution in [2.75, 3.05) is 0 Å². The Bertz CT molecular complexity index is 405. The van der Waals surface area contributed by atoms with E-state index in [2.05, 4.69) is 13.0 Å². The first-order chi connectivity index (χ1) is 6.33. The van der Waals surface area contributed by atoms with E-state index >= 15 is 0 Å². The van der Waals surface area contributed by atoms with E-state index in [0.717, 1.165) is 17.4 Å². The van der Waals surface area contributed by atoms with Gasteiger partial charge in [-0.15, -0.1) is 0 Å². The molecule has 1 aromatic carbocycles. The first-order valence-electron chi connectivity index (χ1n) is 4.54. The summed E-state index contributed by atoms with van der Waals surface area (Å²) in [5.74, 6) is 0. The highest BCUT2D eigenvalue weighted by Crippen LogP contribution is 2.25. The van der Waals surface area contributed by atoms with E-state index in [1.165, 1.54) is 5.56 Å². The average Bonchev–Trinajstić information content (AvgIpc) is 2.63. The molecule has 0 amide bonds. The maximum absolute atomic E-state index is 5.98. The van der Waals surface area contributed by atoms with E-state index in [9.17, 15) is 0 Å². The summed E-state index contributed by atoms with van der Waals surface area (Å²) in [6.45, 7) is 2.09. The molecule has 2 rings (SSSR count). The van der Waals surface area contributed by atoms with Crippen LogP contribution < -0.4 is 5.73 Å². The van der Waals surface area contributed by atoms with Gasteiger partial charge in [-0.1, -0.05) is 19.1 Å². The lowest BCUT2D eigenvalue weighted by molar-refractivity contribution is 0.615. The first-order valence-corrected chi connectivity index (χ1v) is 4.54. The van der Waals surface area contributed by atoms with Crippen LogP contribution in [0.5, 0.6) is 0 Å². The van der Waals surface area contributed by atoms with Crippen molar-refractivity contribution in [1.82, 2.24) is 0 Å². The minimum absolute atomic E-state index is 0.112. The summed E-state index contributed by atoms with van der Waals surface area (Å²) in [5, 5.41) is 1.14. The number of rotatable bonds is 2. The van der Waals surface area contributed by atoms with Crippen LogP contribution in [0.15, 0.2) is 34.9 Å². The SMILES string of the molecule is CCC(N)c1cccc2occc12. The maximum atomic E-state index is 5.98. The Labute approximate surface area is 77.3 Å². The van der Waals surface area contributed by atoms with Gasteiger partial charge in [-0.2, -0.15) is 0 Å². The molecule has 2 nitrogen and oxygen atoms in total. The molecule has 0 spiro atoms. The lowest BCUT2D eigenvalue weighted by Gasteiger charge is -2.09. The fourth-order valence-electron chi connectivity index (χ4n) is 1.56. The molecule has 0 aliphatic heterocycles. The van der Waals surface area contributed by atoms with Gasteiger partial charge in [-0.05, 0) is 24.1 Å². The van der Waals surface area contributed by atoms with Gasteiger partial charge in [0.25, 0.3) is 0 Å². The summed E-state index contributed by atoms with van der Waals surface area (Å²) >= 11 is 0. The third-order valence-corrected chi connectivity index (χ3v) is 2.37. The van der Waals surface area contributed by atoms with Crippen LogP contribution >= 0.6 is 0 Å². The fraction of sp³-hybridized carbons (Fsp3) is 0.273. The van der Waals surface area contributed by atoms with E-state index < -0.39 is 0 Å². The molecule has 0 aliphatic rings. The van der Waals surface area contributed by atoms with Crippen molar-refractivity contribution >= 4 is 11.0 Å². The predicted molar refractivity (Wildman–Crippen MR) is 53.4 cm³/mol. The van der Waals surface area contributed by atoms with Crippen LogP contribution in [0.1, 0.15) is 24.9 Å². The Morgan fingerprint density at radius 3 is 3.00 bits per heavy atom. The van der Waals surface area contributed by atoms with Gasteiger partial charge in [-0.25, -0.2) is 0 Å². The number of hydrogen-bond donors (Lipinski definition) is 1. The number of furan rings is 1. The number of hydrogen-bond acceptors (Lipinski definition) is 2. The van der Waals surface area contributed by atoms with Gasteiger partial charge in [0, 0.05) is 11.4 Å². The molecule has 1 heterocycles. The van der Waals surface area contributed by atoms with Crippen molar-refractivity contribution in [3.63, 3.8) is 0 Å². The second-order valence-electron chi connectivity index (χ2n) is 3.19. The Hall–Kier alpha value is -1.28. The highest BCUT2D eigenvalue weighted by molar-refractivity contribution is 5.81. The van der Waals surface area contributed by atoms with E-state index in [0.29, 0.717) is 0 Å². The third kappa shape index (κ3) is 1.33. The lowest BCUT2D eigenvalue weighted by atomic mass is 10.0. The molecule has 0 saturated carbocycles. The second kappa shape index (κ2) is 3.23. The zero-order valence-corrected chi connectivity index (χ0v) is 7.66. The largest absolute Gasteiger partial charge is 0.464 e. The van der Waals surface area contributed by atoms with E-state index in [-0.39, 0.29) is 6.04 Å². The molecule has 0 aliphatic carbocycles. The van der Waals surface area contributed by atoms with Gasteiger partial charge < -0.3 is 10.2 Å². The van der Waals surface area contributed by atoms with Crippen molar-refractivity contribution in [3.8, 4) is 0 Å². The highest BCUT2D eigenvalue weighted by Gasteiger charge is 2.08. The third-order valence-electron chi connectivity index (χ3n) is 2.37. The molecule has 13 heavy (non-hydrogen) atoms. The Morgan fingerprint density at radius 1 is 1.38 bits per heavy atom. The van der Waals surface area contributed by atoms with E-state index in [4.69, 9.17) is 10.2 Å². The van der Waals surface area contributed by atoms with Crippen LogP contribution in [-0.4, -0.2) is 0 Å². The second-order valence-corrected chi connectivity index (χ2v) is 3.19. The van der Waals surface area contributed by atoms with Crippen LogP contribution in [0.25, 0.3) is 11.0 Å². The Kier molecular flexibility index (Phi) is 2.07. The number of benzene rings is 1. The summed E-state index contributed by atoms with van der Waals surface area (Å²) in [6, 6.07) is 8.09. The molecule has 0 fully saturated rings. The molecule has 68 valence electrons. The molecular weight excluding hydrogens is 162 g/mol. The first kappa shape index (κ1) is 8.32. The number of fused-ring (bicyclic) bond motifs is 1. The summed E-state index contributed by atoms with van der Waals surface area (Å²) in [4.78, 5) is 0. The smallest absolute Gasteiger partial charge is 0.134 e. The molecule has 1 aromatic heterocycles. The van der Waals surface area contributed by atoms with Crippen molar-refractivity contribution < 1.29 is 4.42 Å². The molecule has 0 radical (unpaired) electrons. The summed E-state index contributed by atoms with van der Waals surface area (Å²) in [7, 11) is 0. The van der Waals surface area contributed by atoms with Crippen molar-refractivity contribution in [2.24, 2.45) is 5.73 Å². The molecule has 0 bridgehead atoms. The van der Waals surface area contributed by atoms with Gasteiger partial charge >= 0.3 is 0 Å². The zero-order valence-electron chi connectivity index (χ0n) is 7.66. The normalized spacial score (nSPS) is 13.4. The van der Waals surface area contributed by atoms with Gasteiger partial charge in [0.15, 0.2) is 0 Å². The van der Waals surface area contributed by atoms with Crippen LogP contribution in [-0.2, 0) is 0 Å². The molecule has 2 N–H and O–H groups in total. The summed E-state index contributed by atoms with van der Waals surface area (Å²) in [6.07, 6.45) is 2.65. The molecule has 2 heteroatoms. The van der Waals surface area contributed by atoms with Crippen LogP contribution in [0.2, 0.25) is 0 Å². The van der Waals surface area contributed by atoms with E-state index in [1.54, 1.807) is 6.26 Å². The topological polar surface area (TPSA) is 39.2 Å². The minimum Gasteiger partial charge on any atom is -0.464 e. The van der Waals surface area contributed by atoms with Crippen molar-refractivity contribution in [2.45, 2.75) is 19.4 Å². The molecule has 2 aromatic rings. The van der Waals surface area contributed by atoms with Gasteiger partial charge in [0.1, 0.15) is 5.58 Å². The molecule has 1 atom stereocenters. The lowest BCUT2D eigenvalue weighted by Crippen LogP contribution is -2.08. The monoisotopic (exact) mass is 175 g/mol. The molecule has 0 saturated heterocycles. The number of nitrogens with two attached hydrogens (primary N) is 1. The predicted octanol–water partition coefficient (Wildman–Crippen LogP) is 2.84. The summed E-state index contributed by atoms with van der Waals surface area (Å²) in [5.41, 5.74) is 8.07. The van der Waals surface area contributed by atoms with Crippen molar-refractivity contribution in [3.05, 3.63) is 36.1 Å². The van der Waals surface area contributed by atoms with E-state index in [1.807, 2.05) is 18.2 Å². The molecular formula is C11H13NO. The van der Waals surface area contributed by atoms with Gasteiger partial charge in [0.05, 0.1) is 6.26 Å². The maximum Gasteiger partial charge on any atom is 0.134 e. The fourth-order valence-corrected chi connectivity index (χ4v) is 1.56. The van der Waals surface area contributed by atoms with Crippen molar-refractivity contribution in [1.29, 1.82) is 0 Å². The van der Waals surface area contributed by atoms with Crippen LogP contribution in [0.3, 0.4) is 0 Å². The Balaban J connectivity index is 2.60. The minimum atomic E-state index is 0.112. The van der Waals surface area contributed by atoms with Crippen LogP contribution in [0, 0.1) is 0 Å². The molecule has 1 unspecified atom stereocenters. The highest BCUT2D eigenvalue weighted by atomic mass is 16.3. The van der Waals surface area contributed by atoms with Gasteiger partial charge in [-0.3, -0.25) is 0 Å². The summed E-state index contributed by atoms with van der Waals surface area (Å²) < 4.78 is 5.30. The van der Waals surface area contributed by atoms with Crippen LogP contribution in [0.4, 0.5) is 0 Å². The quantitative estimate of drug-likeness (QED) is 0.762. The van der Waals surface area contributed by atoms with Gasteiger partial charge in [0.2, 0.25) is 0 Å².